The van der Waals surface area contributed by atoms with Gasteiger partial charge in [0.05, 0.1) is 11.4 Å². The predicted molar refractivity (Wildman–Crippen MR) is 124 cm³/mol. The van der Waals surface area contributed by atoms with Gasteiger partial charge in [-0.3, -0.25) is 9.36 Å². The molecular weight excluding hydrogens is 465 g/mol. The third-order valence-electron chi connectivity index (χ3n) is 5.23. The Bertz CT molecular complexity index is 1230. The summed E-state index contributed by atoms with van der Waals surface area (Å²) in [5.41, 5.74) is 3.36. The van der Waals surface area contributed by atoms with E-state index in [4.69, 9.17) is 27.9 Å². The van der Waals surface area contributed by atoms with Crippen LogP contribution in [0.1, 0.15) is 43.8 Å². The fourth-order valence-electron chi connectivity index (χ4n) is 3.59. The molecule has 0 spiro atoms. The number of H-pyrrole nitrogens is 1. The molecule has 0 fully saturated rings. The number of aromatic nitrogens is 7. The first-order chi connectivity index (χ1) is 16.0. The molecule has 33 heavy (non-hydrogen) atoms. The fourth-order valence-corrected chi connectivity index (χ4v) is 4.09. The van der Waals surface area contributed by atoms with Gasteiger partial charge < -0.3 is 9.30 Å². The van der Waals surface area contributed by atoms with E-state index in [9.17, 15) is 4.79 Å². The van der Waals surface area contributed by atoms with Gasteiger partial charge in [0.15, 0.2) is 11.0 Å². The second kappa shape index (κ2) is 10.2. The van der Waals surface area contributed by atoms with Crippen LogP contribution in [-0.4, -0.2) is 40.7 Å². The molecule has 1 aromatic carbocycles. The number of hydrogen-bond acceptors (Lipinski definition) is 6. The van der Waals surface area contributed by atoms with Crippen molar-refractivity contribution in [2.75, 3.05) is 0 Å². The smallest absolute Gasteiger partial charge is 0.303 e. The Balaban J connectivity index is 1.62. The monoisotopic (exact) mass is 487 g/mol. The number of imidazole rings is 1. The van der Waals surface area contributed by atoms with E-state index in [-0.39, 0.29) is 12.6 Å². The molecule has 0 saturated heterocycles. The lowest BCUT2D eigenvalue weighted by Crippen LogP contribution is -2.11. The summed E-state index contributed by atoms with van der Waals surface area (Å²) >= 11 is 12.8. The van der Waals surface area contributed by atoms with E-state index < -0.39 is 0 Å². The van der Waals surface area contributed by atoms with Crippen LogP contribution in [-0.2, 0) is 29.1 Å². The van der Waals surface area contributed by atoms with Crippen molar-refractivity contribution in [2.24, 2.45) is 0 Å². The number of benzene rings is 1. The number of rotatable bonds is 9. The molecule has 11 heteroatoms. The van der Waals surface area contributed by atoms with Crippen LogP contribution in [0, 0.1) is 0 Å². The molecule has 0 atom stereocenters. The SMILES string of the molecule is CCCCc1nc(Cl)c(COC(C)=O)n1Cc1ccc(-n2c(Cl)ccc2-c2nnn[nH]2)cc1. The summed E-state index contributed by atoms with van der Waals surface area (Å²) < 4.78 is 9.11. The normalized spacial score (nSPS) is 11.2. The molecule has 0 bridgehead atoms. The van der Waals surface area contributed by atoms with Crippen molar-refractivity contribution in [2.45, 2.75) is 46.3 Å². The molecule has 172 valence electrons. The van der Waals surface area contributed by atoms with Gasteiger partial charge in [-0.1, -0.05) is 48.7 Å². The fraction of sp³-hybridized carbons (Fsp3) is 0.318. The minimum absolute atomic E-state index is 0.0823. The molecule has 0 amide bonds. The first kappa shape index (κ1) is 23.0. The van der Waals surface area contributed by atoms with Gasteiger partial charge in [0.2, 0.25) is 0 Å². The van der Waals surface area contributed by atoms with Crippen molar-refractivity contribution in [3.8, 4) is 17.2 Å². The zero-order valence-corrected chi connectivity index (χ0v) is 19.8. The maximum absolute atomic E-state index is 11.3. The van der Waals surface area contributed by atoms with Gasteiger partial charge in [-0.15, -0.1) is 5.10 Å². The van der Waals surface area contributed by atoms with Crippen LogP contribution in [0.2, 0.25) is 10.3 Å². The second-order valence-corrected chi connectivity index (χ2v) is 8.27. The molecule has 0 unspecified atom stereocenters. The average molecular weight is 488 g/mol. The molecule has 0 aliphatic carbocycles. The van der Waals surface area contributed by atoms with Crippen molar-refractivity contribution in [3.63, 3.8) is 0 Å². The number of nitrogens with one attached hydrogen (secondary N) is 1. The van der Waals surface area contributed by atoms with Crippen molar-refractivity contribution < 1.29 is 9.53 Å². The van der Waals surface area contributed by atoms with Crippen LogP contribution in [0.3, 0.4) is 0 Å². The quantitative estimate of drug-likeness (QED) is 0.345. The number of ether oxygens (including phenoxy) is 1. The van der Waals surface area contributed by atoms with Crippen LogP contribution >= 0.6 is 23.2 Å². The Hall–Kier alpha value is -3.17. The van der Waals surface area contributed by atoms with Crippen LogP contribution in [0.15, 0.2) is 36.4 Å². The zero-order chi connectivity index (χ0) is 23.4. The standard InChI is InChI=1S/C22H23Cl2N7O2/c1-3-4-5-20-25-21(24)18(13-33-14(2)32)30(20)12-15-6-8-16(9-7-15)31-17(10-11-19(31)23)22-26-28-29-27-22/h6-11H,3-5,12-13H2,1-2H3,(H,26,27,28,29). The van der Waals surface area contributed by atoms with Crippen LogP contribution in [0.25, 0.3) is 17.2 Å². The molecule has 3 heterocycles. The van der Waals surface area contributed by atoms with Gasteiger partial charge in [0.25, 0.3) is 0 Å². The topological polar surface area (TPSA) is 104 Å². The number of hydrogen-bond donors (Lipinski definition) is 1. The highest BCUT2D eigenvalue weighted by Crippen LogP contribution is 2.28. The second-order valence-electron chi connectivity index (χ2n) is 7.53. The van der Waals surface area contributed by atoms with E-state index >= 15 is 0 Å². The summed E-state index contributed by atoms with van der Waals surface area (Å²) in [6.07, 6.45) is 2.83. The van der Waals surface area contributed by atoms with Crippen molar-refractivity contribution in [1.82, 2.24) is 34.7 Å². The maximum atomic E-state index is 11.3. The molecule has 3 aromatic heterocycles. The number of aromatic amines is 1. The molecule has 0 aliphatic rings. The number of aryl methyl sites for hydroxylation is 1. The number of nitrogens with zero attached hydrogens (tertiary/aromatic N) is 6. The Morgan fingerprint density at radius 1 is 1.15 bits per heavy atom. The summed E-state index contributed by atoms with van der Waals surface area (Å²) in [7, 11) is 0. The van der Waals surface area contributed by atoms with Crippen molar-refractivity contribution in [1.29, 1.82) is 0 Å². The lowest BCUT2D eigenvalue weighted by molar-refractivity contribution is -0.142. The first-order valence-electron chi connectivity index (χ1n) is 10.6. The van der Waals surface area contributed by atoms with Crippen molar-refractivity contribution in [3.05, 3.63) is 63.8 Å². The van der Waals surface area contributed by atoms with E-state index in [1.807, 2.05) is 39.5 Å². The molecule has 0 saturated carbocycles. The Morgan fingerprint density at radius 2 is 1.94 bits per heavy atom. The molecule has 4 aromatic rings. The van der Waals surface area contributed by atoms with E-state index in [1.54, 1.807) is 6.07 Å². The summed E-state index contributed by atoms with van der Waals surface area (Å²) in [6.45, 7) is 4.14. The molecule has 0 aliphatic heterocycles. The summed E-state index contributed by atoms with van der Waals surface area (Å²) in [5, 5.41) is 14.9. The van der Waals surface area contributed by atoms with Gasteiger partial charge in [-0.2, -0.15) is 0 Å². The number of halogens is 2. The van der Waals surface area contributed by atoms with E-state index in [0.717, 1.165) is 42.0 Å². The number of carbonyl (C=O) groups excluding carboxylic acids is 1. The number of esters is 1. The van der Waals surface area contributed by atoms with Gasteiger partial charge >= 0.3 is 5.97 Å². The van der Waals surface area contributed by atoms with E-state index in [2.05, 4.69) is 32.5 Å². The third-order valence-corrected chi connectivity index (χ3v) is 5.82. The largest absolute Gasteiger partial charge is 0.459 e. The van der Waals surface area contributed by atoms with Gasteiger partial charge in [-0.05, 0) is 46.7 Å². The van der Waals surface area contributed by atoms with E-state index in [0.29, 0.717) is 28.4 Å². The molecule has 4 rings (SSSR count). The summed E-state index contributed by atoms with van der Waals surface area (Å²) in [4.78, 5) is 15.9. The van der Waals surface area contributed by atoms with Crippen LogP contribution < -0.4 is 0 Å². The van der Waals surface area contributed by atoms with Crippen molar-refractivity contribution >= 4 is 29.2 Å². The lowest BCUT2D eigenvalue weighted by Gasteiger charge is -2.14. The Morgan fingerprint density at radius 3 is 2.61 bits per heavy atom. The predicted octanol–water partition coefficient (Wildman–Crippen LogP) is 4.61. The summed E-state index contributed by atoms with van der Waals surface area (Å²) in [5.74, 6) is 1.04. The number of carbonyl (C=O) groups is 1. The van der Waals surface area contributed by atoms with Crippen LogP contribution in [0.5, 0.6) is 0 Å². The summed E-state index contributed by atoms with van der Waals surface area (Å²) in [6, 6.07) is 11.6. The van der Waals surface area contributed by atoms with Gasteiger partial charge in [-0.25, -0.2) is 10.1 Å². The average Bonchev–Trinajstić information content (AvgIpc) is 3.51. The minimum Gasteiger partial charge on any atom is -0.459 e. The molecule has 9 nitrogen and oxygen atoms in total. The molecule has 0 radical (unpaired) electrons. The maximum Gasteiger partial charge on any atom is 0.303 e. The third kappa shape index (κ3) is 5.09. The zero-order valence-electron chi connectivity index (χ0n) is 18.3. The van der Waals surface area contributed by atoms with Gasteiger partial charge in [0, 0.05) is 25.6 Å². The number of unbranched alkanes of at least 4 members (excludes halogenated alkanes) is 1. The highest BCUT2D eigenvalue weighted by molar-refractivity contribution is 6.30. The lowest BCUT2D eigenvalue weighted by atomic mass is 10.2. The Labute approximate surface area is 200 Å². The highest BCUT2D eigenvalue weighted by Gasteiger charge is 2.18. The van der Waals surface area contributed by atoms with E-state index in [1.165, 1.54) is 6.92 Å². The highest BCUT2D eigenvalue weighted by atomic mass is 35.5. The van der Waals surface area contributed by atoms with Crippen LogP contribution in [0.4, 0.5) is 0 Å². The van der Waals surface area contributed by atoms with Gasteiger partial charge in [0.1, 0.15) is 17.6 Å². The minimum atomic E-state index is -0.361. The first-order valence-corrected chi connectivity index (χ1v) is 11.3. The molecule has 1 N–H and O–H groups in total. The Kier molecular flexibility index (Phi) is 7.10. The number of tetrazole rings is 1. The molecular formula is C22H23Cl2N7O2.